The molecule has 11 rings (SSSR count). The fraction of sp³-hybridized carbons (Fsp3) is 0. The first-order valence-corrected chi connectivity index (χ1v) is 19.3. The average molecular weight is 730 g/mol. The van der Waals surface area contributed by atoms with Crippen LogP contribution in [0.25, 0.3) is 88.4 Å². The molecule has 0 spiro atoms. The standard InChI is InChI=1S/C54H35NO2/c1-4-14-36(15-5-1)38-26-28-39(29-27-38)40-30-32-43(33-31-40)55(48-22-13-25-51-52(48)45-20-10-11-24-50(45)56-51)49-23-12-21-44-47-35-42(37-16-6-2-7-17-37)34-46(53(47)57-54(44)49)41-18-8-3-9-19-41/h1-35H. The number of para-hydroxylation sites is 2. The Kier molecular flexibility index (Phi) is 7.82. The molecule has 0 saturated carbocycles. The van der Waals surface area contributed by atoms with Crippen LogP contribution in [-0.2, 0) is 0 Å². The molecule has 0 fully saturated rings. The average Bonchev–Trinajstić information content (AvgIpc) is 3.87. The SMILES string of the molecule is c1ccc(-c2ccc(-c3ccc(N(c4cccc5c4oc4c(-c6ccccc6)cc(-c6ccccc6)cc45)c4cccc5oc6ccccc6c45)cc3)cc2)cc1. The Morgan fingerprint density at radius 1 is 0.298 bits per heavy atom. The maximum absolute atomic E-state index is 7.14. The Morgan fingerprint density at radius 3 is 1.49 bits per heavy atom. The van der Waals surface area contributed by atoms with E-state index in [1.165, 1.54) is 11.1 Å². The molecule has 3 heteroatoms. The first-order chi connectivity index (χ1) is 28.3. The van der Waals surface area contributed by atoms with Crippen molar-refractivity contribution in [3.05, 3.63) is 212 Å². The molecule has 0 N–H and O–H groups in total. The smallest absolute Gasteiger partial charge is 0.159 e. The van der Waals surface area contributed by atoms with Crippen molar-refractivity contribution < 1.29 is 8.83 Å². The van der Waals surface area contributed by atoms with Crippen LogP contribution in [-0.4, -0.2) is 0 Å². The summed E-state index contributed by atoms with van der Waals surface area (Å²) >= 11 is 0. The van der Waals surface area contributed by atoms with Crippen molar-refractivity contribution in [1.29, 1.82) is 0 Å². The van der Waals surface area contributed by atoms with Crippen LogP contribution in [0, 0.1) is 0 Å². The van der Waals surface area contributed by atoms with Crippen LogP contribution >= 0.6 is 0 Å². The number of furan rings is 2. The lowest BCUT2D eigenvalue weighted by atomic mass is 9.95. The Morgan fingerprint density at radius 2 is 0.807 bits per heavy atom. The monoisotopic (exact) mass is 729 g/mol. The highest BCUT2D eigenvalue weighted by molar-refractivity contribution is 6.17. The number of fused-ring (bicyclic) bond motifs is 6. The zero-order chi connectivity index (χ0) is 37.7. The zero-order valence-corrected chi connectivity index (χ0v) is 31.0. The number of hydrogen-bond acceptors (Lipinski definition) is 3. The maximum atomic E-state index is 7.14. The highest BCUT2D eigenvalue weighted by Gasteiger charge is 2.24. The maximum Gasteiger partial charge on any atom is 0.159 e. The van der Waals surface area contributed by atoms with Gasteiger partial charge in [0.15, 0.2) is 5.58 Å². The van der Waals surface area contributed by atoms with E-state index in [2.05, 4.69) is 205 Å². The topological polar surface area (TPSA) is 29.5 Å². The number of nitrogens with zero attached hydrogens (tertiary/aromatic N) is 1. The van der Waals surface area contributed by atoms with Crippen molar-refractivity contribution >= 4 is 60.9 Å². The van der Waals surface area contributed by atoms with E-state index in [1.807, 2.05) is 12.1 Å². The fourth-order valence-corrected chi connectivity index (χ4v) is 8.33. The molecule has 0 saturated heterocycles. The number of rotatable bonds is 7. The van der Waals surface area contributed by atoms with E-state index in [0.717, 1.165) is 94.3 Å². The highest BCUT2D eigenvalue weighted by atomic mass is 16.3. The summed E-state index contributed by atoms with van der Waals surface area (Å²) in [4.78, 5) is 2.33. The van der Waals surface area contributed by atoms with Gasteiger partial charge in [-0.2, -0.15) is 0 Å². The lowest BCUT2D eigenvalue weighted by Gasteiger charge is -2.26. The molecule has 57 heavy (non-hydrogen) atoms. The molecule has 0 aliphatic rings. The normalized spacial score (nSPS) is 11.5. The van der Waals surface area contributed by atoms with Crippen LogP contribution in [0.5, 0.6) is 0 Å². The lowest BCUT2D eigenvalue weighted by Crippen LogP contribution is -2.10. The Labute approximate surface area is 330 Å². The zero-order valence-electron chi connectivity index (χ0n) is 31.0. The quantitative estimate of drug-likeness (QED) is 0.164. The third-order valence-corrected chi connectivity index (χ3v) is 11.1. The second-order valence-corrected chi connectivity index (χ2v) is 14.5. The minimum Gasteiger partial charge on any atom is -0.456 e. The van der Waals surface area contributed by atoms with Crippen molar-refractivity contribution in [1.82, 2.24) is 0 Å². The van der Waals surface area contributed by atoms with Crippen LogP contribution in [0.4, 0.5) is 17.1 Å². The molecule has 0 aliphatic heterocycles. The van der Waals surface area contributed by atoms with Gasteiger partial charge in [-0.15, -0.1) is 0 Å². The molecular weight excluding hydrogens is 695 g/mol. The molecular formula is C54H35NO2. The lowest BCUT2D eigenvalue weighted by molar-refractivity contribution is 0.668. The van der Waals surface area contributed by atoms with E-state index < -0.39 is 0 Å². The first kappa shape index (κ1) is 32.8. The van der Waals surface area contributed by atoms with Gasteiger partial charge in [0.2, 0.25) is 0 Å². The highest BCUT2D eigenvalue weighted by Crippen LogP contribution is 2.48. The molecule has 0 atom stereocenters. The van der Waals surface area contributed by atoms with E-state index in [1.54, 1.807) is 0 Å². The molecule has 2 aromatic heterocycles. The first-order valence-electron chi connectivity index (χ1n) is 19.3. The Hall–Kier alpha value is -7.62. The summed E-state index contributed by atoms with van der Waals surface area (Å²) in [6.07, 6.45) is 0. The van der Waals surface area contributed by atoms with Gasteiger partial charge in [0.25, 0.3) is 0 Å². The molecule has 0 aliphatic carbocycles. The van der Waals surface area contributed by atoms with Crippen LogP contribution in [0.2, 0.25) is 0 Å². The summed E-state index contributed by atoms with van der Waals surface area (Å²) in [7, 11) is 0. The van der Waals surface area contributed by atoms with Crippen LogP contribution in [0.1, 0.15) is 0 Å². The summed E-state index contributed by atoms with van der Waals surface area (Å²) < 4.78 is 13.6. The van der Waals surface area contributed by atoms with Gasteiger partial charge in [0.05, 0.1) is 16.8 Å². The van der Waals surface area contributed by atoms with Gasteiger partial charge in [-0.1, -0.05) is 164 Å². The van der Waals surface area contributed by atoms with Crippen molar-refractivity contribution in [3.63, 3.8) is 0 Å². The van der Waals surface area contributed by atoms with Gasteiger partial charge >= 0.3 is 0 Å². The second-order valence-electron chi connectivity index (χ2n) is 14.5. The Balaban J connectivity index is 1.12. The predicted octanol–water partition coefficient (Wildman–Crippen LogP) is 15.6. The van der Waals surface area contributed by atoms with Crippen molar-refractivity contribution in [2.75, 3.05) is 4.90 Å². The third kappa shape index (κ3) is 5.68. The van der Waals surface area contributed by atoms with Crippen molar-refractivity contribution in [2.45, 2.75) is 0 Å². The molecule has 9 aromatic carbocycles. The summed E-state index contributed by atoms with van der Waals surface area (Å²) in [6, 6.07) is 74.9. The van der Waals surface area contributed by atoms with Crippen molar-refractivity contribution in [2.24, 2.45) is 0 Å². The predicted molar refractivity (Wildman–Crippen MR) is 237 cm³/mol. The summed E-state index contributed by atoms with van der Waals surface area (Å²) in [5, 5.41) is 4.26. The molecule has 11 aromatic rings. The van der Waals surface area contributed by atoms with E-state index in [0.29, 0.717) is 0 Å². The molecule has 0 unspecified atom stereocenters. The van der Waals surface area contributed by atoms with Gasteiger partial charge < -0.3 is 13.7 Å². The number of benzene rings is 9. The molecule has 0 bridgehead atoms. The summed E-state index contributed by atoms with van der Waals surface area (Å²) in [5.74, 6) is 0. The van der Waals surface area contributed by atoms with E-state index >= 15 is 0 Å². The molecule has 0 amide bonds. The molecule has 268 valence electrons. The molecule has 2 heterocycles. The second kappa shape index (κ2) is 13.6. The van der Waals surface area contributed by atoms with Gasteiger partial charge in [0, 0.05) is 27.4 Å². The number of anilines is 3. The van der Waals surface area contributed by atoms with Gasteiger partial charge in [-0.3, -0.25) is 0 Å². The van der Waals surface area contributed by atoms with Gasteiger partial charge in [-0.25, -0.2) is 0 Å². The van der Waals surface area contributed by atoms with E-state index in [4.69, 9.17) is 8.83 Å². The Bertz CT molecular complexity index is 3200. The van der Waals surface area contributed by atoms with E-state index in [9.17, 15) is 0 Å². The fourth-order valence-electron chi connectivity index (χ4n) is 8.33. The van der Waals surface area contributed by atoms with Crippen molar-refractivity contribution in [3.8, 4) is 44.5 Å². The molecule has 3 nitrogen and oxygen atoms in total. The third-order valence-electron chi connectivity index (χ3n) is 11.1. The van der Waals surface area contributed by atoms with E-state index in [-0.39, 0.29) is 0 Å². The number of hydrogen-bond donors (Lipinski definition) is 0. The molecule has 0 radical (unpaired) electrons. The van der Waals surface area contributed by atoms with Crippen LogP contribution < -0.4 is 4.90 Å². The summed E-state index contributed by atoms with van der Waals surface area (Å²) in [5.41, 5.74) is 15.6. The van der Waals surface area contributed by atoms with Crippen LogP contribution in [0.3, 0.4) is 0 Å². The largest absolute Gasteiger partial charge is 0.456 e. The van der Waals surface area contributed by atoms with Crippen LogP contribution in [0.15, 0.2) is 221 Å². The van der Waals surface area contributed by atoms with Gasteiger partial charge in [0.1, 0.15) is 16.7 Å². The minimum absolute atomic E-state index is 0.820. The minimum atomic E-state index is 0.820. The van der Waals surface area contributed by atoms with Gasteiger partial charge in [-0.05, 0) is 87.5 Å². The summed E-state index contributed by atoms with van der Waals surface area (Å²) in [6.45, 7) is 0.